The lowest BCUT2D eigenvalue weighted by Crippen LogP contribution is -2.43. The molecule has 0 spiro atoms. The first kappa shape index (κ1) is 17.5. The van der Waals surface area contributed by atoms with Crippen LogP contribution in [0.15, 0.2) is 8.26 Å². The minimum Gasteiger partial charge on any atom is -0.481 e. The van der Waals surface area contributed by atoms with Crippen molar-refractivity contribution in [3.05, 3.63) is 13.1 Å². The second-order valence-electron chi connectivity index (χ2n) is 4.93. The Kier molecular flexibility index (Phi) is 6.03. The monoisotopic (exact) mass is 427 g/mol. The van der Waals surface area contributed by atoms with E-state index >= 15 is 0 Å². The number of thiophene rings is 1. The summed E-state index contributed by atoms with van der Waals surface area (Å²) in [7, 11) is 1.29. The van der Waals surface area contributed by atoms with Crippen LogP contribution >= 0.6 is 43.2 Å². The molecule has 1 heterocycles. The highest BCUT2D eigenvalue weighted by Crippen LogP contribution is 2.43. The maximum atomic E-state index is 11.7. The largest absolute Gasteiger partial charge is 0.481 e. The molecule has 0 atom stereocenters. The number of amides is 1. The molecule has 0 bridgehead atoms. The van der Waals surface area contributed by atoms with E-state index in [1.165, 1.54) is 18.4 Å². The van der Waals surface area contributed by atoms with Gasteiger partial charge in [0.25, 0.3) is 5.91 Å². The quantitative estimate of drug-likeness (QED) is 0.746. The van der Waals surface area contributed by atoms with Crippen molar-refractivity contribution in [2.24, 2.45) is 0 Å². The highest BCUT2D eigenvalue weighted by molar-refractivity contribution is 9.13. The van der Waals surface area contributed by atoms with Gasteiger partial charge in [-0.05, 0) is 52.6 Å². The third-order valence-electron chi connectivity index (χ3n) is 2.00. The van der Waals surface area contributed by atoms with E-state index in [2.05, 4.69) is 41.9 Å². The summed E-state index contributed by atoms with van der Waals surface area (Å²) in [6.45, 7) is 5.45. The van der Waals surface area contributed by atoms with Gasteiger partial charge in [0.1, 0.15) is 0 Å². The number of ether oxygens (including phenoxy) is 2. The summed E-state index contributed by atoms with van der Waals surface area (Å²) in [5.74, 6) is -0.465. The van der Waals surface area contributed by atoms with E-state index in [-0.39, 0.29) is 18.1 Å². The summed E-state index contributed by atoms with van der Waals surface area (Å²) in [5, 5.41) is 2.77. The van der Waals surface area contributed by atoms with Crippen molar-refractivity contribution in [2.75, 3.05) is 13.7 Å². The fraction of sp³-hybridized carbons (Fsp3) is 0.500. The number of rotatable bonds is 4. The van der Waals surface area contributed by atoms with Crippen molar-refractivity contribution in [1.82, 2.24) is 5.32 Å². The molecule has 0 aliphatic carbocycles. The summed E-state index contributed by atoms with van der Waals surface area (Å²) in [6, 6.07) is 0. The molecular formula is C12H15Br2NO4S. The average Bonchev–Trinajstić information content (AvgIpc) is 2.60. The van der Waals surface area contributed by atoms with Crippen molar-refractivity contribution in [1.29, 1.82) is 0 Å². The number of methoxy groups -OCH3 is 1. The number of halogens is 2. The van der Waals surface area contributed by atoms with Crippen LogP contribution in [0.3, 0.4) is 0 Å². The number of esters is 1. The number of hydrogen-bond acceptors (Lipinski definition) is 5. The van der Waals surface area contributed by atoms with E-state index in [1.807, 2.05) is 20.8 Å². The van der Waals surface area contributed by atoms with Gasteiger partial charge in [-0.2, -0.15) is 0 Å². The first-order valence-electron chi connectivity index (χ1n) is 5.65. The van der Waals surface area contributed by atoms with Crippen molar-refractivity contribution < 1.29 is 19.1 Å². The van der Waals surface area contributed by atoms with Crippen LogP contribution in [0.25, 0.3) is 0 Å². The molecule has 0 aliphatic rings. The van der Waals surface area contributed by atoms with Gasteiger partial charge in [-0.1, -0.05) is 0 Å². The lowest BCUT2D eigenvalue weighted by Gasteiger charge is -2.20. The molecule has 0 saturated carbocycles. The van der Waals surface area contributed by atoms with Crippen LogP contribution in [0, 0.1) is 0 Å². The molecular weight excluding hydrogens is 414 g/mol. The molecule has 1 rings (SSSR count). The van der Waals surface area contributed by atoms with E-state index < -0.39 is 5.97 Å². The van der Waals surface area contributed by atoms with E-state index in [0.717, 1.165) is 0 Å². The molecule has 1 aromatic heterocycles. The van der Waals surface area contributed by atoms with Crippen LogP contribution in [0.5, 0.6) is 5.75 Å². The summed E-state index contributed by atoms with van der Waals surface area (Å²) in [5.41, 5.74) is -0.335. The zero-order valence-corrected chi connectivity index (χ0v) is 15.5. The fourth-order valence-corrected chi connectivity index (χ4v) is 3.45. The Labute approximate surface area is 138 Å². The molecule has 112 valence electrons. The number of hydrogen-bond donors (Lipinski definition) is 1. The highest BCUT2D eigenvalue weighted by atomic mass is 79.9. The van der Waals surface area contributed by atoms with E-state index in [1.54, 1.807) is 0 Å². The second-order valence-corrected chi connectivity index (χ2v) is 8.06. The second kappa shape index (κ2) is 6.91. The number of carbonyl (C=O) groups excluding carboxylic acids is 2. The molecule has 1 aromatic rings. The maximum absolute atomic E-state index is 11.7. The standard InChI is InChI=1S/C12H15Br2NO4S/c1-12(2,3)15-6(16)5-19-8-7(13)10(14)20-9(8)11(17)18-4/h5H2,1-4H3,(H,15,16). The van der Waals surface area contributed by atoms with Gasteiger partial charge in [-0.25, -0.2) is 4.79 Å². The Morgan fingerprint density at radius 1 is 1.30 bits per heavy atom. The third kappa shape index (κ3) is 4.75. The Morgan fingerprint density at radius 2 is 1.90 bits per heavy atom. The van der Waals surface area contributed by atoms with Gasteiger partial charge in [0.05, 0.1) is 15.4 Å². The van der Waals surface area contributed by atoms with Crippen LogP contribution < -0.4 is 10.1 Å². The molecule has 20 heavy (non-hydrogen) atoms. The molecule has 8 heteroatoms. The molecule has 1 amide bonds. The summed E-state index contributed by atoms with van der Waals surface area (Å²) in [6.07, 6.45) is 0. The third-order valence-corrected chi connectivity index (χ3v) is 5.38. The van der Waals surface area contributed by atoms with Crippen LogP contribution in [0.2, 0.25) is 0 Å². The van der Waals surface area contributed by atoms with Crippen LogP contribution in [0.4, 0.5) is 0 Å². The van der Waals surface area contributed by atoms with Gasteiger partial charge in [-0.15, -0.1) is 11.3 Å². The first-order valence-corrected chi connectivity index (χ1v) is 8.06. The van der Waals surface area contributed by atoms with E-state index in [4.69, 9.17) is 4.74 Å². The molecule has 0 unspecified atom stereocenters. The van der Waals surface area contributed by atoms with Gasteiger partial charge in [-0.3, -0.25) is 4.79 Å². The van der Waals surface area contributed by atoms with Crippen LogP contribution in [-0.4, -0.2) is 31.1 Å². The van der Waals surface area contributed by atoms with E-state index in [0.29, 0.717) is 18.9 Å². The Balaban J connectivity index is 2.82. The summed E-state index contributed by atoms with van der Waals surface area (Å²) < 4.78 is 11.4. The summed E-state index contributed by atoms with van der Waals surface area (Å²) >= 11 is 7.79. The Bertz CT molecular complexity index is 522. The normalized spacial score (nSPS) is 11.1. The molecule has 0 fully saturated rings. The zero-order valence-electron chi connectivity index (χ0n) is 11.5. The Morgan fingerprint density at radius 3 is 2.40 bits per heavy atom. The van der Waals surface area contributed by atoms with Gasteiger partial charge >= 0.3 is 5.97 Å². The predicted octanol–water partition coefficient (Wildman–Crippen LogP) is 3.35. The molecule has 0 radical (unpaired) electrons. The number of nitrogens with one attached hydrogen (secondary N) is 1. The Hall–Kier alpha value is -0.600. The highest BCUT2D eigenvalue weighted by Gasteiger charge is 2.24. The fourth-order valence-electron chi connectivity index (χ4n) is 1.32. The average molecular weight is 429 g/mol. The van der Waals surface area contributed by atoms with Gasteiger partial charge in [0.15, 0.2) is 17.2 Å². The van der Waals surface area contributed by atoms with Crippen LogP contribution in [0.1, 0.15) is 30.4 Å². The zero-order chi connectivity index (χ0) is 15.5. The minimum atomic E-state index is -0.507. The lowest BCUT2D eigenvalue weighted by atomic mass is 10.1. The molecule has 5 nitrogen and oxygen atoms in total. The smallest absolute Gasteiger partial charge is 0.351 e. The van der Waals surface area contributed by atoms with Crippen molar-refractivity contribution in [3.8, 4) is 5.75 Å². The number of carbonyl (C=O) groups is 2. The van der Waals surface area contributed by atoms with Crippen molar-refractivity contribution in [2.45, 2.75) is 26.3 Å². The molecule has 0 aromatic carbocycles. The summed E-state index contributed by atoms with van der Waals surface area (Å²) in [4.78, 5) is 23.7. The molecule has 0 aliphatic heterocycles. The first-order chi connectivity index (χ1) is 9.15. The molecule has 0 saturated heterocycles. The lowest BCUT2D eigenvalue weighted by molar-refractivity contribution is -0.124. The minimum absolute atomic E-state index is 0.178. The van der Waals surface area contributed by atoms with Crippen molar-refractivity contribution in [3.63, 3.8) is 0 Å². The SMILES string of the molecule is COC(=O)c1sc(Br)c(Br)c1OCC(=O)NC(C)(C)C. The molecule has 1 N–H and O–H groups in total. The van der Waals surface area contributed by atoms with Crippen LogP contribution in [-0.2, 0) is 9.53 Å². The van der Waals surface area contributed by atoms with E-state index in [9.17, 15) is 9.59 Å². The van der Waals surface area contributed by atoms with Gasteiger partial charge < -0.3 is 14.8 Å². The van der Waals surface area contributed by atoms with Crippen molar-refractivity contribution >= 4 is 55.1 Å². The van der Waals surface area contributed by atoms with Gasteiger partial charge in [0.2, 0.25) is 0 Å². The van der Waals surface area contributed by atoms with Gasteiger partial charge in [0, 0.05) is 5.54 Å². The predicted molar refractivity (Wildman–Crippen MR) is 84.4 cm³/mol. The maximum Gasteiger partial charge on any atom is 0.351 e. The topological polar surface area (TPSA) is 64.6 Å².